The summed E-state index contributed by atoms with van der Waals surface area (Å²) in [7, 11) is 3.08. The molecule has 1 aliphatic rings. The van der Waals surface area contributed by atoms with Crippen molar-refractivity contribution in [2.75, 3.05) is 44.1 Å². The van der Waals surface area contributed by atoms with Gasteiger partial charge in [0.25, 0.3) is 5.88 Å². The average Bonchev–Trinajstić information content (AvgIpc) is 2.87. The van der Waals surface area contributed by atoms with Gasteiger partial charge < -0.3 is 24.4 Å². The van der Waals surface area contributed by atoms with Gasteiger partial charge in [0.05, 0.1) is 42.8 Å². The van der Waals surface area contributed by atoms with Crippen molar-refractivity contribution in [3.8, 4) is 17.4 Å². The first kappa shape index (κ1) is 23.9. The van der Waals surface area contributed by atoms with Gasteiger partial charge in [-0.1, -0.05) is 30.7 Å². The van der Waals surface area contributed by atoms with Crippen LogP contribution in [0.1, 0.15) is 26.2 Å². The van der Waals surface area contributed by atoms with Crippen LogP contribution >= 0.6 is 11.6 Å². The Kier molecular flexibility index (Phi) is 7.57. The molecule has 4 rings (SSSR count). The molecule has 8 nitrogen and oxygen atoms in total. The molecule has 1 aliphatic heterocycles. The number of ether oxygens (including phenoxy) is 3. The second kappa shape index (κ2) is 10.8. The Hall–Kier alpha value is -3.26. The molecule has 2 aromatic carbocycles. The standard InChI is InChI=1S/C25H29ClN4O4/c1-4-12-34-25-23(27-19-9-5-6-10-20(19)28-25)30-11-7-8-16(15-30)24(31)29-22-18(26)13-17(32-2)14-21(22)33-3/h5-6,9-10,13-14,16H,4,7-8,11-12,15H2,1-3H3,(H,29,31)/t16-/m0/s1. The second-order valence-electron chi connectivity index (χ2n) is 8.15. The van der Waals surface area contributed by atoms with Crippen molar-refractivity contribution < 1.29 is 19.0 Å². The van der Waals surface area contributed by atoms with Crippen LogP contribution in [0.3, 0.4) is 0 Å². The van der Waals surface area contributed by atoms with Gasteiger partial charge in [-0.2, -0.15) is 0 Å². The smallest absolute Gasteiger partial charge is 0.258 e. The molecule has 0 bridgehead atoms. The number of nitrogens with one attached hydrogen (secondary N) is 1. The highest BCUT2D eigenvalue weighted by Gasteiger charge is 2.30. The van der Waals surface area contributed by atoms with E-state index < -0.39 is 0 Å². The lowest BCUT2D eigenvalue weighted by Crippen LogP contribution is -2.41. The van der Waals surface area contributed by atoms with Crippen molar-refractivity contribution in [3.63, 3.8) is 0 Å². The van der Waals surface area contributed by atoms with E-state index >= 15 is 0 Å². The summed E-state index contributed by atoms with van der Waals surface area (Å²) in [4.78, 5) is 24.9. The number of hydrogen-bond donors (Lipinski definition) is 1. The lowest BCUT2D eigenvalue weighted by molar-refractivity contribution is -0.120. The van der Waals surface area contributed by atoms with Crippen LogP contribution in [0.5, 0.6) is 17.4 Å². The molecule has 1 fully saturated rings. The van der Waals surface area contributed by atoms with Gasteiger partial charge in [0.1, 0.15) is 17.2 Å². The van der Waals surface area contributed by atoms with Crippen LogP contribution in [-0.4, -0.2) is 49.8 Å². The number of amides is 1. The normalized spacial score (nSPS) is 15.8. The fourth-order valence-electron chi connectivity index (χ4n) is 4.04. The van der Waals surface area contributed by atoms with Crippen molar-refractivity contribution in [2.45, 2.75) is 26.2 Å². The van der Waals surface area contributed by atoms with E-state index in [1.165, 1.54) is 7.11 Å². The Labute approximate surface area is 204 Å². The van der Waals surface area contributed by atoms with Crippen molar-refractivity contribution in [2.24, 2.45) is 5.92 Å². The minimum Gasteiger partial charge on any atom is -0.497 e. The number of carbonyl (C=O) groups is 1. The van der Waals surface area contributed by atoms with Crippen LogP contribution in [0.25, 0.3) is 11.0 Å². The predicted octanol–water partition coefficient (Wildman–Crippen LogP) is 4.94. The molecule has 0 saturated carbocycles. The van der Waals surface area contributed by atoms with Crippen LogP contribution in [0.2, 0.25) is 5.02 Å². The Morgan fingerprint density at radius 1 is 1.18 bits per heavy atom. The molecule has 1 atom stereocenters. The molecule has 9 heteroatoms. The van der Waals surface area contributed by atoms with E-state index in [1.54, 1.807) is 19.2 Å². The van der Waals surface area contributed by atoms with Gasteiger partial charge in [0, 0.05) is 25.2 Å². The highest BCUT2D eigenvalue weighted by Crippen LogP contribution is 2.38. The highest BCUT2D eigenvalue weighted by atomic mass is 35.5. The third kappa shape index (κ3) is 5.12. The number of rotatable bonds is 8. The number of hydrogen-bond acceptors (Lipinski definition) is 7. The Balaban J connectivity index is 1.57. The summed E-state index contributed by atoms with van der Waals surface area (Å²) in [6, 6.07) is 11.1. The van der Waals surface area contributed by atoms with Crippen molar-refractivity contribution in [1.29, 1.82) is 0 Å². The van der Waals surface area contributed by atoms with E-state index in [0.29, 0.717) is 47.1 Å². The maximum Gasteiger partial charge on any atom is 0.258 e. The van der Waals surface area contributed by atoms with Gasteiger partial charge in [-0.25, -0.2) is 9.97 Å². The third-order valence-corrected chi connectivity index (χ3v) is 6.09. The van der Waals surface area contributed by atoms with Crippen molar-refractivity contribution in [1.82, 2.24) is 9.97 Å². The molecule has 180 valence electrons. The van der Waals surface area contributed by atoms with Crippen LogP contribution < -0.4 is 24.4 Å². The number of carbonyl (C=O) groups excluding carboxylic acids is 1. The first-order valence-corrected chi connectivity index (χ1v) is 11.8. The van der Waals surface area contributed by atoms with E-state index in [9.17, 15) is 4.79 Å². The van der Waals surface area contributed by atoms with Gasteiger partial charge in [-0.05, 0) is 31.4 Å². The monoisotopic (exact) mass is 484 g/mol. The number of methoxy groups -OCH3 is 2. The SMILES string of the molecule is CCCOc1nc2ccccc2nc1N1CCC[C@H](C(=O)Nc2c(Cl)cc(OC)cc2OC)C1. The number of para-hydroxylation sites is 2. The molecule has 0 radical (unpaired) electrons. The molecule has 0 unspecified atom stereocenters. The fraction of sp³-hybridized carbons (Fsp3) is 0.400. The maximum absolute atomic E-state index is 13.2. The molecule has 1 aromatic heterocycles. The maximum atomic E-state index is 13.2. The first-order chi connectivity index (χ1) is 16.5. The number of halogens is 1. The van der Waals surface area contributed by atoms with Crippen molar-refractivity contribution >= 4 is 40.0 Å². The zero-order valence-electron chi connectivity index (χ0n) is 19.6. The number of fused-ring (bicyclic) bond motifs is 1. The van der Waals surface area contributed by atoms with Gasteiger partial charge in [-0.3, -0.25) is 4.79 Å². The summed E-state index contributed by atoms with van der Waals surface area (Å²) < 4.78 is 16.6. The molecule has 1 saturated heterocycles. The van der Waals surface area contributed by atoms with E-state index in [4.69, 9.17) is 35.8 Å². The quantitative estimate of drug-likeness (QED) is 0.484. The van der Waals surface area contributed by atoms with Crippen molar-refractivity contribution in [3.05, 3.63) is 41.4 Å². The molecule has 2 heterocycles. The minimum absolute atomic E-state index is 0.125. The van der Waals surface area contributed by atoms with Crippen LogP contribution in [0, 0.1) is 5.92 Å². The van der Waals surface area contributed by atoms with Crippen LogP contribution in [0.4, 0.5) is 11.5 Å². The summed E-state index contributed by atoms with van der Waals surface area (Å²) in [5, 5.41) is 3.31. The van der Waals surface area contributed by atoms with Gasteiger partial charge >= 0.3 is 0 Å². The van der Waals surface area contributed by atoms with Gasteiger partial charge in [0.15, 0.2) is 5.82 Å². The molecule has 0 aliphatic carbocycles. The number of aromatic nitrogens is 2. The largest absolute Gasteiger partial charge is 0.497 e. The molecule has 1 N–H and O–H groups in total. The third-order valence-electron chi connectivity index (χ3n) is 5.79. The zero-order chi connectivity index (χ0) is 24.1. The molecule has 3 aromatic rings. The summed E-state index contributed by atoms with van der Waals surface area (Å²) in [5.74, 6) is 1.79. The second-order valence-corrected chi connectivity index (χ2v) is 8.56. The molecular formula is C25H29ClN4O4. The molecule has 0 spiro atoms. The van der Waals surface area contributed by atoms with E-state index in [0.717, 1.165) is 36.8 Å². The lowest BCUT2D eigenvalue weighted by Gasteiger charge is -2.33. The lowest BCUT2D eigenvalue weighted by atomic mass is 9.97. The molecule has 1 amide bonds. The fourth-order valence-corrected chi connectivity index (χ4v) is 4.29. The molecular weight excluding hydrogens is 456 g/mol. The van der Waals surface area contributed by atoms with E-state index in [1.807, 2.05) is 31.2 Å². The van der Waals surface area contributed by atoms with Crippen LogP contribution in [-0.2, 0) is 4.79 Å². The van der Waals surface area contributed by atoms with Gasteiger partial charge in [0.2, 0.25) is 5.91 Å². The highest BCUT2D eigenvalue weighted by molar-refractivity contribution is 6.34. The summed E-state index contributed by atoms with van der Waals surface area (Å²) in [6.07, 6.45) is 2.46. The molecule has 34 heavy (non-hydrogen) atoms. The van der Waals surface area contributed by atoms with E-state index in [-0.39, 0.29) is 11.8 Å². The summed E-state index contributed by atoms with van der Waals surface area (Å²) in [5.41, 5.74) is 2.01. The summed E-state index contributed by atoms with van der Waals surface area (Å²) >= 11 is 6.40. The Bertz CT molecular complexity index is 1170. The Morgan fingerprint density at radius 3 is 2.65 bits per heavy atom. The van der Waals surface area contributed by atoms with Gasteiger partial charge in [-0.15, -0.1) is 0 Å². The summed E-state index contributed by atoms with van der Waals surface area (Å²) in [6.45, 7) is 3.87. The number of piperidine rings is 1. The number of anilines is 2. The van der Waals surface area contributed by atoms with E-state index in [2.05, 4.69) is 10.2 Å². The predicted molar refractivity (Wildman–Crippen MR) is 133 cm³/mol. The zero-order valence-corrected chi connectivity index (χ0v) is 20.4. The Morgan fingerprint density at radius 2 is 1.94 bits per heavy atom. The number of nitrogens with zero attached hydrogens (tertiary/aromatic N) is 3. The topological polar surface area (TPSA) is 85.8 Å². The number of benzene rings is 2. The minimum atomic E-state index is -0.260. The van der Waals surface area contributed by atoms with Crippen LogP contribution in [0.15, 0.2) is 36.4 Å². The average molecular weight is 485 g/mol. The first-order valence-electron chi connectivity index (χ1n) is 11.4.